The van der Waals surface area contributed by atoms with Crippen LogP contribution in [0, 0.1) is 11.8 Å². The Balaban J connectivity index is 1.87. The van der Waals surface area contributed by atoms with Crippen LogP contribution < -0.4 is 9.47 Å². The number of rotatable bonds is 8. The molecule has 0 atom stereocenters. The van der Waals surface area contributed by atoms with Gasteiger partial charge in [-0.25, -0.2) is 4.79 Å². The molecule has 0 fully saturated rings. The van der Waals surface area contributed by atoms with Crippen LogP contribution in [0.2, 0.25) is 0 Å². The van der Waals surface area contributed by atoms with Crippen LogP contribution in [0.4, 0.5) is 0 Å². The zero-order chi connectivity index (χ0) is 19.5. The Morgan fingerprint density at radius 2 is 1.44 bits per heavy atom. The minimum absolute atomic E-state index is 0.368. The summed E-state index contributed by atoms with van der Waals surface area (Å²) in [6.45, 7) is 8.14. The second-order valence-corrected chi connectivity index (χ2v) is 6.38. The lowest BCUT2D eigenvalue weighted by molar-refractivity contribution is -0.130. The highest BCUT2D eigenvalue weighted by atomic mass is 16.5. The molecule has 0 unspecified atom stereocenters. The van der Waals surface area contributed by atoms with Crippen molar-refractivity contribution in [3.63, 3.8) is 0 Å². The molecule has 3 nitrogen and oxygen atoms in total. The van der Waals surface area contributed by atoms with Gasteiger partial charge < -0.3 is 9.47 Å². The van der Waals surface area contributed by atoms with E-state index in [1.54, 1.807) is 19.1 Å². The Hall–Kier alpha value is -2.99. The molecule has 27 heavy (non-hydrogen) atoms. The Morgan fingerprint density at radius 1 is 0.889 bits per heavy atom. The maximum atomic E-state index is 11.5. The van der Waals surface area contributed by atoms with E-state index in [9.17, 15) is 4.79 Å². The van der Waals surface area contributed by atoms with Crippen LogP contribution in [0.25, 0.3) is 0 Å². The maximum absolute atomic E-state index is 11.5. The molecule has 0 radical (unpaired) electrons. The monoisotopic (exact) mass is 362 g/mol. The van der Waals surface area contributed by atoms with E-state index < -0.39 is 5.97 Å². The fourth-order valence-electron chi connectivity index (χ4n) is 2.30. The lowest BCUT2D eigenvalue weighted by Crippen LogP contribution is -2.07. The van der Waals surface area contributed by atoms with Gasteiger partial charge in [-0.15, -0.1) is 0 Å². The minimum atomic E-state index is -0.429. The van der Waals surface area contributed by atoms with Gasteiger partial charge >= 0.3 is 5.97 Å². The van der Waals surface area contributed by atoms with E-state index in [4.69, 9.17) is 9.47 Å². The Labute approximate surface area is 162 Å². The first-order valence-corrected chi connectivity index (χ1v) is 9.31. The summed E-state index contributed by atoms with van der Waals surface area (Å²) in [4.78, 5) is 11.5. The fraction of sp³-hybridized carbons (Fsp3) is 0.292. The summed E-state index contributed by atoms with van der Waals surface area (Å²) in [7, 11) is 0. The molecule has 0 spiro atoms. The molecule has 0 heterocycles. The van der Waals surface area contributed by atoms with Crippen molar-refractivity contribution in [1.82, 2.24) is 0 Å². The summed E-state index contributed by atoms with van der Waals surface area (Å²) >= 11 is 0. The van der Waals surface area contributed by atoms with Crippen LogP contribution in [-0.2, 0) is 4.79 Å². The third kappa shape index (κ3) is 7.42. The van der Waals surface area contributed by atoms with Gasteiger partial charge in [-0.3, -0.25) is 0 Å². The summed E-state index contributed by atoms with van der Waals surface area (Å²) < 4.78 is 10.9. The fourth-order valence-corrected chi connectivity index (χ4v) is 2.30. The van der Waals surface area contributed by atoms with Crippen LogP contribution >= 0.6 is 0 Å². The van der Waals surface area contributed by atoms with E-state index in [1.807, 2.05) is 36.4 Å². The van der Waals surface area contributed by atoms with E-state index in [0.29, 0.717) is 11.3 Å². The number of hydrogen-bond acceptors (Lipinski definition) is 3. The van der Waals surface area contributed by atoms with Gasteiger partial charge in [-0.2, -0.15) is 0 Å². The molecule has 2 aromatic rings. The van der Waals surface area contributed by atoms with Crippen molar-refractivity contribution < 1.29 is 14.3 Å². The molecule has 2 rings (SSSR count). The maximum Gasteiger partial charge on any atom is 0.338 e. The first kappa shape index (κ1) is 20.3. The van der Waals surface area contributed by atoms with Gasteiger partial charge in [0.2, 0.25) is 0 Å². The van der Waals surface area contributed by atoms with Crippen molar-refractivity contribution in [1.29, 1.82) is 0 Å². The zero-order valence-corrected chi connectivity index (χ0v) is 16.1. The number of benzene rings is 2. The van der Waals surface area contributed by atoms with Gasteiger partial charge in [0, 0.05) is 16.7 Å². The summed E-state index contributed by atoms with van der Waals surface area (Å²) in [6.07, 6.45) is 4.79. The summed E-state index contributed by atoms with van der Waals surface area (Å²) in [5.74, 6) is 7.15. The molecular weight excluding hydrogens is 336 g/mol. The number of hydrogen-bond donors (Lipinski definition) is 0. The van der Waals surface area contributed by atoms with Gasteiger partial charge in [0.25, 0.3) is 0 Å². The van der Waals surface area contributed by atoms with Gasteiger partial charge in [-0.1, -0.05) is 44.6 Å². The Bertz CT molecular complexity index is 805. The van der Waals surface area contributed by atoms with E-state index in [1.165, 1.54) is 19.3 Å². The molecule has 0 bridgehead atoms. The molecule has 2 aromatic carbocycles. The second-order valence-electron chi connectivity index (χ2n) is 6.38. The molecule has 0 N–H and O–H groups in total. The van der Waals surface area contributed by atoms with Crippen molar-refractivity contribution in [3.05, 3.63) is 71.8 Å². The summed E-state index contributed by atoms with van der Waals surface area (Å²) in [5, 5.41) is 0. The quantitative estimate of drug-likeness (QED) is 0.204. The van der Waals surface area contributed by atoms with Crippen molar-refractivity contribution in [2.45, 2.75) is 39.5 Å². The first-order valence-electron chi connectivity index (χ1n) is 9.31. The van der Waals surface area contributed by atoms with Gasteiger partial charge in [0.05, 0.1) is 6.61 Å². The van der Waals surface area contributed by atoms with Gasteiger partial charge in [-0.05, 0) is 61.9 Å². The highest BCUT2D eigenvalue weighted by molar-refractivity contribution is 5.88. The SMILES string of the molecule is C=C(C)C(=O)Oc1ccc(C#Cc2ccc(OCCCCCC)cc2)cc1. The molecular formula is C24H26O3. The smallest absolute Gasteiger partial charge is 0.338 e. The average molecular weight is 362 g/mol. The van der Waals surface area contributed by atoms with Gasteiger partial charge in [0.1, 0.15) is 11.5 Å². The normalized spacial score (nSPS) is 9.85. The lowest BCUT2D eigenvalue weighted by Gasteiger charge is -2.05. The van der Waals surface area contributed by atoms with Crippen LogP contribution in [0.1, 0.15) is 50.7 Å². The Morgan fingerprint density at radius 3 is 1.96 bits per heavy atom. The largest absolute Gasteiger partial charge is 0.494 e. The second kappa shape index (κ2) is 10.9. The Kier molecular flexibility index (Phi) is 8.19. The molecule has 0 aliphatic carbocycles. The van der Waals surface area contributed by atoms with E-state index in [2.05, 4.69) is 25.3 Å². The molecule has 0 saturated carbocycles. The molecule has 3 heteroatoms. The number of unbranched alkanes of at least 4 members (excludes halogenated alkanes) is 3. The zero-order valence-electron chi connectivity index (χ0n) is 16.1. The minimum Gasteiger partial charge on any atom is -0.494 e. The summed E-state index contributed by atoms with van der Waals surface area (Å²) in [6, 6.07) is 14.9. The predicted molar refractivity (Wildman–Crippen MR) is 109 cm³/mol. The van der Waals surface area contributed by atoms with E-state index >= 15 is 0 Å². The highest BCUT2D eigenvalue weighted by Crippen LogP contribution is 2.14. The van der Waals surface area contributed by atoms with Crippen LogP contribution in [0.15, 0.2) is 60.7 Å². The van der Waals surface area contributed by atoms with Gasteiger partial charge in [0.15, 0.2) is 0 Å². The molecule has 0 amide bonds. The number of carbonyl (C=O) groups is 1. The van der Waals surface area contributed by atoms with E-state index in [0.717, 1.165) is 29.9 Å². The average Bonchev–Trinajstić information content (AvgIpc) is 2.68. The third-order valence-corrected chi connectivity index (χ3v) is 3.89. The number of ether oxygens (including phenoxy) is 2. The first-order chi connectivity index (χ1) is 13.1. The standard InChI is InChI=1S/C24H26O3/c1-4-5-6-7-18-26-22-14-10-20(11-15-22)8-9-21-12-16-23(17-13-21)27-24(25)19(2)3/h10-17H,2,4-7,18H2,1,3H3. The van der Waals surface area contributed by atoms with Crippen molar-refractivity contribution in [2.75, 3.05) is 6.61 Å². The van der Waals surface area contributed by atoms with Crippen LogP contribution in [-0.4, -0.2) is 12.6 Å². The van der Waals surface area contributed by atoms with E-state index in [-0.39, 0.29) is 0 Å². The van der Waals surface area contributed by atoms with Crippen molar-refractivity contribution in [3.8, 4) is 23.3 Å². The third-order valence-electron chi connectivity index (χ3n) is 3.89. The molecule has 0 aliphatic rings. The summed E-state index contributed by atoms with van der Waals surface area (Å²) in [5.41, 5.74) is 2.14. The van der Waals surface area contributed by atoms with Crippen LogP contribution in [0.5, 0.6) is 11.5 Å². The van der Waals surface area contributed by atoms with Crippen LogP contribution in [0.3, 0.4) is 0 Å². The molecule has 140 valence electrons. The molecule has 0 aromatic heterocycles. The van der Waals surface area contributed by atoms with Crippen molar-refractivity contribution >= 4 is 5.97 Å². The topological polar surface area (TPSA) is 35.5 Å². The van der Waals surface area contributed by atoms with Crippen molar-refractivity contribution in [2.24, 2.45) is 0 Å². The molecule has 0 saturated heterocycles. The number of carbonyl (C=O) groups excluding carboxylic acids is 1. The molecule has 0 aliphatic heterocycles. The predicted octanol–water partition coefficient (Wildman–Crippen LogP) is 5.53. The lowest BCUT2D eigenvalue weighted by atomic mass is 10.1. The highest BCUT2D eigenvalue weighted by Gasteiger charge is 2.04. The number of esters is 1.